The lowest BCUT2D eigenvalue weighted by Crippen LogP contribution is -2.17. The minimum Gasteiger partial charge on any atom is -0.368 e. The SMILES string of the molecule is Cc1cccc(C)c1NC(=O)CSC(C)c1nc(N)nc(Nc2ccccc2)n1. The van der Waals surface area contributed by atoms with Crippen LogP contribution in [0.25, 0.3) is 0 Å². The second-order valence-corrected chi connectivity index (χ2v) is 7.96. The highest BCUT2D eigenvalue weighted by atomic mass is 32.2. The summed E-state index contributed by atoms with van der Waals surface area (Å²) >= 11 is 1.44. The molecular formula is C21H24N6OS. The van der Waals surface area contributed by atoms with Gasteiger partial charge in [-0.2, -0.15) is 15.0 Å². The number of nitrogens with zero attached hydrogens (tertiary/aromatic N) is 3. The third-order valence-corrected chi connectivity index (χ3v) is 5.41. The normalized spacial score (nSPS) is 11.7. The Morgan fingerprint density at radius 1 is 1.03 bits per heavy atom. The second kappa shape index (κ2) is 9.38. The van der Waals surface area contributed by atoms with Crippen LogP contribution in [0.2, 0.25) is 0 Å². The summed E-state index contributed by atoms with van der Waals surface area (Å²) in [6.45, 7) is 5.90. The molecule has 1 amide bonds. The summed E-state index contributed by atoms with van der Waals surface area (Å²) in [5, 5.41) is 5.99. The van der Waals surface area contributed by atoms with Gasteiger partial charge in [-0.3, -0.25) is 4.79 Å². The van der Waals surface area contributed by atoms with Gasteiger partial charge in [-0.1, -0.05) is 36.4 Å². The zero-order chi connectivity index (χ0) is 20.8. The molecule has 1 heterocycles. The molecule has 3 rings (SSSR count). The van der Waals surface area contributed by atoms with Gasteiger partial charge in [-0.15, -0.1) is 11.8 Å². The van der Waals surface area contributed by atoms with Crippen LogP contribution in [0, 0.1) is 13.8 Å². The van der Waals surface area contributed by atoms with Crippen LogP contribution in [0.1, 0.15) is 29.1 Å². The minimum absolute atomic E-state index is 0.0658. The number of aryl methyl sites for hydroxylation is 2. The van der Waals surface area contributed by atoms with E-state index < -0.39 is 0 Å². The van der Waals surface area contributed by atoms with E-state index in [1.165, 1.54) is 11.8 Å². The molecule has 0 radical (unpaired) electrons. The predicted octanol–water partition coefficient (Wildman–Crippen LogP) is 4.25. The summed E-state index contributed by atoms with van der Waals surface area (Å²) in [6.07, 6.45) is 0. The maximum absolute atomic E-state index is 12.4. The number of nitrogens with one attached hydrogen (secondary N) is 2. The van der Waals surface area contributed by atoms with Gasteiger partial charge in [0.1, 0.15) is 5.82 Å². The van der Waals surface area contributed by atoms with E-state index in [0.717, 1.165) is 22.5 Å². The molecule has 0 aliphatic heterocycles. The molecule has 3 aromatic rings. The van der Waals surface area contributed by atoms with Gasteiger partial charge in [0.2, 0.25) is 17.8 Å². The fourth-order valence-electron chi connectivity index (χ4n) is 2.76. The number of benzene rings is 2. The van der Waals surface area contributed by atoms with Crippen molar-refractivity contribution in [2.45, 2.75) is 26.0 Å². The van der Waals surface area contributed by atoms with Crippen molar-refractivity contribution in [1.29, 1.82) is 0 Å². The van der Waals surface area contributed by atoms with Gasteiger partial charge < -0.3 is 16.4 Å². The van der Waals surface area contributed by atoms with E-state index in [2.05, 4.69) is 25.6 Å². The number of rotatable bonds is 7. The van der Waals surface area contributed by atoms with Gasteiger partial charge >= 0.3 is 0 Å². The van der Waals surface area contributed by atoms with Crippen LogP contribution in [-0.2, 0) is 4.79 Å². The molecular weight excluding hydrogens is 384 g/mol. The Labute approximate surface area is 174 Å². The summed E-state index contributed by atoms with van der Waals surface area (Å²) in [6, 6.07) is 15.5. The molecule has 4 N–H and O–H groups in total. The molecule has 0 saturated heterocycles. The maximum atomic E-state index is 12.4. The topological polar surface area (TPSA) is 106 Å². The number of carbonyl (C=O) groups is 1. The monoisotopic (exact) mass is 408 g/mol. The smallest absolute Gasteiger partial charge is 0.234 e. The molecule has 0 bridgehead atoms. The summed E-state index contributed by atoms with van der Waals surface area (Å²) in [7, 11) is 0. The number of amides is 1. The molecule has 1 unspecified atom stereocenters. The van der Waals surface area contributed by atoms with E-state index in [4.69, 9.17) is 5.73 Å². The van der Waals surface area contributed by atoms with E-state index in [1.807, 2.05) is 69.3 Å². The molecule has 1 aromatic heterocycles. The van der Waals surface area contributed by atoms with Crippen molar-refractivity contribution in [2.24, 2.45) is 0 Å². The van der Waals surface area contributed by atoms with E-state index >= 15 is 0 Å². The van der Waals surface area contributed by atoms with Crippen molar-refractivity contribution >= 4 is 40.9 Å². The van der Waals surface area contributed by atoms with Crippen molar-refractivity contribution in [3.05, 3.63) is 65.5 Å². The first-order chi connectivity index (χ1) is 13.9. The van der Waals surface area contributed by atoms with Gasteiger partial charge in [0.15, 0.2) is 0 Å². The number of nitrogens with two attached hydrogens (primary N) is 1. The number of carbonyl (C=O) groups excluding carboxylic acids is 1. The number of anilines is 4. The Balaban J connectivity index is 1.63. The molecule has 0 fully saturated rings. The zero-order valence-electron chi connectivity index (χ0n) is 16.6. The van der Waals surface area contributed by atoms with E-state index in [1.54, 1.807) is 0 Å². The lowest BCUT2D eigenvalue weighted by atomic mass is 10.1. The fraction of sp³-hybridized carbons (Fsp3) is 0.238. The van der Waals surface area contributed by atoms with Crippen molar-refractivity contribution in [3.63, 3.8) is 0 Å². The van der Waals surface area contributed by atoms with E-state index in [9.17, 15) is 4.79 Å². The highest BCUT2D eigenvalue weighted by molar-refractivity contribution is 8.00. The molecule has 7 nitrogen and oxygen atoms in total. The number of aromatic nitrogens is 3. The molecule has 1 atom stereocenters. The third kappa shape index (κ3) is 5.68. The number of hydrogen-bond donors (Lipinski definition) is 3. The number of nitrogen functional groups attached to an aromatic ring is 1. The molecule has 150 valence electrons. The molecule has 8 heteroatoms. The quantitative estimate of drug-likeness (QED) is 0.537. The van der Waals surface area contributed by atoms with Crippen LogP contribution in [0.5, 0.6) is 0 Å². The van der Waals surface area contributed by atoms with Crippen molar-refractivity contribution in [2.75, 3.05) is 22.1 Å². The van der Waals surface area contributed by atoms with Crippen LogP contribution < -0.4 is 16.4 Å². The molecule has 0 spiro atoms. The summed E-state index contributed by atoms with van der Waals surface area (Å²) in [5.41, 5.74) is 9.66. The van der Waals surface area contributed by atoms with Crippen LogP contribution in [0.3, 0.4) is 0 Å². The van der Waals surface area contributed by atoms with Crippen LogP contribution >= 0.6 is 11.8 Å². The Kier molecular flexibility index (Phi) is 6.66. The first-order valence-electron chi connectivity index (χ1n) is 9.23. The average molecular weight is 409 g/mol. The van der Waals surface area contributed by atoms with Crippen molar-refractivity contribution < 1.29 is 4.79 Å². The molecule has 0 saturated carbocycles. The van der Waals surface area contributed by atoms with Crippen LogP contribution in [-0.4, -0.2) is 26.6 Å². The molecule has 29 heavy (non-hydrogen) atoms. The molecule has 0 aliphatic carbocycles. The number of thioether (sulfide) groups is 1. The highest BCUT2D eigenvalue weighted by Crippen LogP contribution is 2.27. The Hall–Kier alpha value is -3.13. The standard InChI is InChI=1S/C21H24N6OS/c1-13-8-7-9-14(2)18(13)24-17(28)12-29-15(3)19-25-20(22)27-21(26-19)23-16-10-5-4-6-11-16/h4-11,15H,12H2,1-3H3,(H,24,28)(H3,22,23,25,26,27). The lowest BCUT2D eigenvalue weighted by Gasteiger charge is -2.14. The van der Waals surface area contributed by atoms with Crippen molar-refractivity contribution in [1.82, 2.24) is 15.0 Å². The Morgan fingerprint density at radius 3 is 2.41 bits per heavy atom. The summed E-state index contributed by atoms with van der Waals surface area (Å²) in [5.74, 6) is 1.26. The maximum Gasteiger partial charge on any atom is 0.234 e. The second-order valence-electron chi connectivity index (χ2n) is 6.63. The highest BCUT2D eigenvalue weighted by Gasteiger charge is 2.15. The van der Waals surface area contributed by atoms with Gasteiger partial charge in [0.05, 0.1) is 11.0 Å². The van der Waals surface area contributed by atoms with Gasteiger partial charge in [-0.05, 0) is 44.0 Å². The van der Waals surface area contributed by atoms with Gasteiger partial charge in [0, 0.05) is 11.4 Å². The minimum atomic E-state index is -0.125. The first-order valence-corrected chi connectivity index (χ1v) is 10.3. The Bertz CT molecular complexity index is 975. The number of hydrogen-bond acceptors (Lipinski definition) is 7. The van der Waals surface area contributed by atoms with Crippen LogP contribution in [0.4, 0.5) is 23.3 Å². The van der Waals surface area contributed by atoms with E-state index in [-0.39, 0.29) is 22.9 Å². The van der Waals surface area contributed by atoms with E-state index in [0.29, 0.717) is 11.8 Å². The molecule has 2 aromatic carbocycles. The first kappa shape index (κ1) is 20.6. The summed E-state index contributed by atoms with van der Waals surface area (Å²) in [4.78, 5) is 25.2. The van der Waals surface area contributed by atoms with Crippen LogP contribution in [0.15, 0.2) is 48.5 Å². The molecule has 0 aliphatic rings. The summed E-state index contributed by atoms with van der Waals surface area (Å²) < 4.78 is 0. The largest absolute Gasteiger partial charge is 0.368 e. The zero-order valence-corrected chi connectivity index (χ0v) is 17.5. The van der Waals surface area contributed by atoms with Gasteiger partial charge in [-0.25, -0.2) is 0 Å². The predicted molar refractivity (Wildman–Crippen MR) is 119 cm³/mol. The van der Waals surface area contributed by atoms with Crippen molar-refractivity contribution in [3.8, 4) is 0 Å². The Morgan fingerprint density at radius 2 is 1.72 bits per heavy atom. The average Bonchev–Trinajstić information content (AvgIpc) is 2.69. The fourth-order valence-corrected chi connectivity index (χ4v) is 3.49. The third-order valence-electron chi connectivity index (χ3n) is 4.27. The lowest BCUT2D eigenvalue weighted by molar-refractivity contribution is -0.113. The van der Waals surface area contributed by atoms with Gasteiger partial charge in [0.25, 0.3) is 0 Å². The number of para-hydroxylation sites is 2.